The second kappa shape index (κ2) is 6.27. The molecule has 0 saturated heterocycles. The van der Waals surface area contributed by atoms with Gasteiger partial charge in [-0.15, -0.1) is 0 Å². The van der Waals surface area contributed by atoms with Crippen molar-refractivity contribution in [3.8, 4) is 0 Å². The van der Waals surface area contributed by atoms with Crippen LogP contribution in [-0.4, -0.2) is 29.0 Å². The van der Waals surface area contributed by atoms with Gasteiger partial charge in [-0.05, 0) is 0 Å². The highest BCUT2D eigenvalue weighted by Crippen LogP contribution is 2.11. The lowest BCUT2D eigenvalue weighted by molar-refractivity contribution is -0.118. The highest BCUT2D eigenvalue weighted by atomic mass is 35.5. The van der Waals surface area contributed by atoms with E-state index >= 15 is 0 Å². The Morgan fingerprint density at radius 3 is 2.81 bits per heavy atom. The van der Waals surface area contributed by atoms with E-state index in [0.717, 1.165) is 6.42 Å². The van der Waals surface area contributed by atoms with Crippen LogP contribution in [0.5, 0.6) is 0 Å². The van der Waals surface area contributed by atoms with Crippen molar-refractivity contribution >= 4 is 23.3 Å². The van der Waals surface area contributed by atoms with Crippen molar-refractivity contribution < 1.29 is 4.79 Å². The van der Waals surface area contributed by atoms with Gasteiger partial charge in [-0.3, -0.25) is 4.79 Å². The van der Waals surface area contributed by atoms with E-state index < -0.39 is 0 Å². The van der Waals surface area contributed by atoms with Crippen LogP contribution < -0.4 is 10.6 Å². The molecule has 0 spiro atoms. The van der Waals surface area contributed by atoms with Gasteiger partial charge in [-0.1, -0.05) is 18.5 Å². The van der Waals surface area contributed by atoms with Gasteiger partial charge in [0, 0.05) is 32.5 Å². The van der Waals surface area contributed by atoms with Gasteiger partial charge in [0.1, 0.15) is 16.8 Å². The summed E-state index contributed by atoms with van der Waals surface area (Å²) in [7, 11) is 0. The molecule has 16 heavy (non-hydrogen) atoms. The van der Waals surface area contributed by atoms with Crippen LogP contribution in [0.15, 0.2) is 6.07 Å². The number of hydrogen-bond acceptors (Lipinski definition) is 4. The number of nitrogens with zero attached hydrogens (tertiary/aromatic N) is 2. The van der Waals surface area contributed by atoms with Gasteiger partial charge in [0.05, 0.1) is 0 Å². The first-order valence-electron chi connectivity index (χ1n) is 5.13. The first-order valence-corrected chi connectivity index (χ1v) is 5.51. The first kappa shape index (κ1) is 12.7. The molecule has 1 aromatic rings. The maximum absolute atomic E-state index is 10.6. The highest BCUT2D eigenvalue weighted by molar-refractivity contribution is 6.29. The summed E-state index contributed by atoms with van der Waals surface area (Å²) in [5, 5.41) is 6.17. The molecule has 0 atom stereocenters. The molecule has 0 fully saturated rings. The quantitative estimate of drug-likeness (QED) is 0.602. The standard InChI is InChI=1S/C10H15ClN4O/c1-3-9-14-8(11)6-10(15-9)13-5-4-12-7(2)16/h6H,3-5H2,1-2H3,(H,12,16)(H,13,14,15). The molecule has 6 heteroatoms. The van der Waals surface area contributed by atoms with Crippen molar-refractivity contribution in [2.75, 3.05) is 18.4 Å². The Morgan fingerprint density at radius 1 is 1.44 bits per heavy atom. The molecule has 0 aromatic carbocycles. The molecule has 5 nitrogen and oxygen atoms in total. The average Bonchev–Trinajstić information content (AvgIpc) is 2.23. The minimum atomic E-state index is -0.0447. The topological polar surface area (TPSA) is 66.9 Å². The normalized spacial score (nSPS) is 9.94. The largest absolute Gasteiger partial charge is 0.368 e. The predicted molar refractivity (Wildman–Crippen MR) is 63.6 cm³/mol. The maximum atomic E-state index is 10.6. The van der Waals surface area contributed by atoms with Crippen LogP contribution in [0.2, 0.25) is 5.15 Å². The fourth-order valence-corrected chi connectivity index (χ4v) is 1.34. The number of hydrogen-bond donors (Lipinski definition) is 2. The van der Waals surface area contributed by atoms with Crippen LogP contribution in [0.1, 0.15) is 19.7 Å². The Kier molecular flexibility index (Phi) is 4.98. The summed E-state index contributed by atoms with van der Waals surface area (Å²) in [5.41, 5.74) is 0. The lowest BCUT2D eigenvalue weighted by atomic mass is 10.4. The summed E-state index contributed by atoms with van der Waals surface area (Å²) in [5.74, 6) is 1.34. The molecule has 0 unspecified atom stereocenters. The number of carbonyl (C=O) groups excluding carboxylic acids is 1. The Hall–Kier alpha value is -1.36. The van der Waals surface area contributed by atoms with E-state index in [9.17, 15) is 4.79 Å². The Balaban J connectivity index is 2.47. The molecule has 88 valence electrons. The fourth-order valence-electron chi connectivity index (χ4n) is 1.14. The van der Waals surface area contributed by atoms with Crippen molar-refractivity contribution in [2.24, 2.45) is 0 Å². The number of halogens is 1. The van der Waals surface area contributed by atoms with E-state index in [1.54, 1.807) is 6.07 Å². The molecule has 0 aliphatic rings. The maximum Gasteiger partial charge on any atom is 0.216 e. The second-order valence-corrected chi connectivity index (χ2v) is 3.64. The summed E-state index contributed by atoms with van der Waals surface area (Å²) >= 11 is 5.83. The predicted octanol–water partition coefficient (Wildman–Crippen LogP) is 1.24. The van der Waals surface area contributed by atoms with Crippen molar-refractivity contribution in [3.05, 3.63) is 17.0 Å². The molecule has 0 radical (unpaired) electrons. The molecule has 1 rings (SSSR count). The average molecular weight is 243 g/mol. The summed E-state index contributed by atoms with van der Waals surface area (Å²) in [4.78, 5) is 18.9. The number of rotatable bonds is 5. The van der Waals surface area contributed by atoms with Crippen LogP contribution in [-0.2, 0) is 11.2 Å². The fraction of sp³-hybridized carbons (Fsp3) is 0.500. The lowest BCUT2D eigenvalue weighted by Crippen LogP contribution is -2.26. The van der Waals surface area contributed by atoms with E-state index in [1.807, 2.05) is 6.92 Å². The molecule has 0 saturated carbocycles. The number of aromatic nitrogens is 2. The molecular weight excluding hydrogens is 228 g/mol. The SMILES string of the molecule is CCc1nc(Cl)cc(NCCNC(C)=O)n1. The Morgan fingerprint density at radius 2 is 2.19 bits per heavy atom. The number of amides is 1. The molecule has 1 amide bonds. The van der Waals surface area contributed by atoms with Crippen molar-refractivity contribution in [2.45, 2.75) is 20.3 Å². The summed E-state index contributed by atoms with van der Waals surface area (Å²) in [6.45, 7) is 4.61. The van der Waals surface area contributed by atoms with Crippen molar-refractivity contribution in [1.82, 2.24) is 15.3 Å². The van der Waals surface area contributed by atoms with Crippen LogP contribution in [0.3, 0.4) is 0 Å². The van der Waals surface area contributed by atoms with E-state index in [2.05, 4.69) is 20.6 Å². The molecular formula is C10H15ClN4O. The number of nitrogens with one attached hydrogen (secondary N) is 2. The van der Waals surface area contributed by atoms with Crippen molar-refractivity contribution in [1.29, 1.82) is 0 Å². The van der Waals surface area contributed by atoms with Gasteiger partial charge in [-0.2, -0.15) is 0 Å². The number of aryl methyl sites for hydroxylation is 1. The first-order chi connectivity index (χ1) is 7.61. The Bertz CT molecular complexity index is 370. The van der Waals surface area contributed by atoms with E-state index in [-0.39, 0.29) is 5.91 Å². The van der Waals surface area contributed by atoms with Crippen LogP contribution in [0.4, 0.5) is 5.82 Å². The van der Waals surface area contributed by atoms with Gasteiger partial charge in [0.25, 0.3) is 0 Å². The third-order valence-electron chi connectivity index (χ3n) is 1.86. The zero-order valence-electron chi connectivity index (χ0n) is 9.38. The minimum Gasteiger partial charge on any atom is -0.368 e. The van der Waals surface area contributed by atoms with Gasteiger partial charge in [0.2, 0.25) is 5.91 Å². The second-order valence-electron chi connectivity index (χ2n) is 3.26. The minimum absolute atomic E-state index is 0.0447. The molecule has 0 aliphatic heterocycles. The molecule has 1 heterocycles. The van der Waals surface area contributed by atoms with E-state index in [1.165, 1.54) is 6.92 Å². The van der Waals surface area contributed by atoms with Crippen LogP contribution >= 0.6 is 11.6 Å². The van der Waals surface area contributed by atoms with Gasteiger partial charge >= 0.3 is 0 Å². The van der Waals surface area contributed by atoms with E-state index in [0.29, 0.717) is 29.9 Å². The summed E-state index contributed by atoms with van der Waals surface area (Å²) < 4.78 is 0. The van der Waals surface area contributed by atoms with Crippen LogP contribution in [0, 0.1) is 0 Å². The molecule has 2 N–H and O–H groups in total. The van der Waals surface area contributed by atoms with Gasteiger partial charge in [0.15, 0.2) is 0 Å². The smallest absolute Gasteiger partial charge is 0.216 e. The number of carbonyl (C=O) groups is 1. The summed E-state index contributed by atoms with van der Waals surface area (Å²) in [6, 6.07) is 1.66. The van der Waals surface area contributed by atoms with Crippen molar-refractivity contribution in [3.63, 3.8) is 0 Å². The third kappa shape index (κ3) is 4.44. The zero-order valence-corrected chi connectivity index (χ0v) is 10.1. The molecule has 0 bridgehead atoms. The summed E-state index contributed by atoms with van der Waals surface area (Å²) in [6.07, 6.45) is 0.737. The lowest BCUT2D eigenvalue weighted by Gasteiger charge is -2.07. The highest BCUT2D eigenvalue weighted by Gasteiger charge is 2.01. The zero-order chi connectivity index (χ0) is 12.0. The third-order valence-corrected chi connectivity index (χ3v) is 2.06. The van der Waals surface area contributed by atoms with Gasteiger partial charge < -0.3 is 10.6 Å². The number of anilines is 1. The molecule has 0 aliphatic carbocycles. The molecule has 1 aromatic heterocycles. The monoisotopic (exact) mass is 242 g/mol. The van der Waals surface area contributed by atoms with Crippen LogP contribution in [0.25, 0.3) is 0 Å². The van der Waals surface area contributed by atoms with E-state index in [4.69, 9.17) is 11.6 Å². The van der Waals surface area contributed by atoms with Gasteiger partial charge in [-0.25, -0.2) is 9.97 Å². The Labute approximate surface area is 99.6 Å².